The van der Waals surface area contributed by atoms with Crippen molar-refractivity contribution in [1.29, 1.82) is 0 Å². The summed E-state index contributed by atoms with van der Waals surface area (Å²) in [5.74, 6) is -0.102. The van der Waals surface area contributed by atoms with Gasteiger partial charge in [0.05, 0.1) is 5.56 Å². The van der Waals surface area contributed by atoms with Gasteiger partial charge in [0.1, 0.15) is 0 Å². The Labute approximate surface area is 120 Å². The van der Waals surface area contributed by atoms with Crippen molar-refractivity contribution in [2.45, 2.75) is 0 Å². The topological polar surface area (TPSA) is 29.1 Å². The largest absolute Gasteiger partial charge is 0.321 e. The van der Waals surface area contributed by atoms with Crippen LogP contribution in [0.5, 0.6) is 0 Å². The molecule has 0 fully saturated rings. The second-order valence-electron chi connectivity index (χ2n) is 3.73. The van der Waals surface area contributed by atoms with Crippen molar-refractivity contribution in [1.82, 2.24) is 0 Å². The van der Waals surface area contributed by atoms with Crippen LogP contribution in [0.25, 0.3) is 6.08 Å². The number of halogens is 1. The highest BCUT2D eigenvalue weighted by atomic mass is 127. The molecule has 0 radical (unpaired) electrons. The fraction of sp³-hybridized carbons (Fsp3) is 0. The number of carbonyl (C=O) groups is 1. The maximum Gasteiger partial charge on any atom is 0.256 e. The van der Waals surface area contributed by atoms with Crippen LogP contribution in [-0.4, -0.2) is 5.91 Å². The summed E-state index contributed by atoms with van der Waals surface area (Å²) in [6, 6.07) is 15.1. The zero-order chi connectivity index (χ0) is 13.0. The lowest BCUT2D eigenvalue weighted by atomic mass is 10.1. The van der Waals surface area contributed by atoms with E-state index in [0.29, 0.717) is 5.56 Å². The molecule has 0 spiro atoms. The van der Waals surface area contributed by atoms with E-state index >= 15 is 0 Å². The Kier molecular flexibility index (Phi) is 4.15. The predicted octanol–water partition coefficient (Wildman–Crippen LogP) is 4.19. The molecule has 3 heteroatoms. The van der Waals surface area contributed by atoms with Gasteiger partial charge in [-0.25, -0.2) is 0 Å². The summed E-state index contributed by atoms with van der Waals surface area (Å²) in [7, 11) is 0. The molecule has 0 heterocycles. The third-order valence-electron chi connectivity index (χ3n) is 2.55. The molecular formula is C15H12INO. The van der Waals surface area contributed by atoms with Gasteiger partial charge in [-0.1, -0.05) is 43.0 Å². The third-order valence-corrected chi connectivity index (χ3v) is 3.49. The van der Waals surface area contributed by atoms with Gasteiger partial charge in [-0.05, 0) is 46.4 Å². The first-order valence-corrected chi connectivity index (χ1v) is 6.57. The highest BCUT2D eigenvalue weighted by molar-refractivity contribution is 14.1. The first-order valence-electron chi connectivity index (χ1n) is 5.49. The summed E-state index contributed by atoms with van der Waals surface area (Å²) in [5, 5.41) is 2.90. The standard InChI is InChI=1S/C15H12INO/c1-2-11-7-3-6-10-14(11)17-15(18)12-8-4-5-9-13(12)16/h2-10H,1H2,(H,17,18). The van der Waals surface area contributed by atoms with Gasteiger partial charge in [0, 0.05) is 9.26 Å². The molecule has 2 aromatic carbocycles. The molecule has 2 nitrogen and oxygen atoms in total. The zero-order valence-electron chi connectivity index (χ0n) is 9.69. The van der Waals surface area contributed by atoms with E-state index in [1.54, 1.807) is 6.08 Å². The Morgan fingerprint density at radius 3 is 2.50 bits per heavy atom. The lowest BCUT2D eigenvalue weighted by Gasteiger charge is -2.09. The van der Waals surface area contributed by atoms with Crippen molar-refractivity contribution in [2.75, 3.05) is 5.32 Å². The summed E-state index contributed by atoms with van der Waals surface area (Å²) in [5.41, 5.74) is 2.37. The predicted molar refractivity (Wildman–Crippen MR) is 83.6 cm³/mol. The van der Waals surface area contributed by atoms with Crippen molar-refractivity contribution in [3.05, 3.63) is 69.8 Å². The molecule has 90 valence electrons. The lowest BCUT2D eigenvalue weighted by Crippen LogP contribution is -2.13. The number of rotatable bonds is 3. The molecule has 0 atom stereocenters. The number of benzene rings is 2. The summed E-state index contributed by atoms with van der Waals surface area (Å²) in [6.07, 6.45) is 1.73. The molecule has 1 N–H and O–H groups in total. The Bertz CT molecular complexity index is 593. The highest BCUT2D eigenvalue weighted by Crippen LogP contribution is 2.18. The average Bonchev–Trinajstić information content (AvgIpc) is 2.39. The first kappa shape index (κ1) is 12.8. The maximum atomic E-state index is 12.2. The van der Waals surface area contributed by atoms with Crippen LogP contribution in [0, 0.1) is 3.57 Å². The van der Waals surface area contributed by atoms with Crippen molar-refractivity contribution in [2.24, 2.45) is 0 Å². The van der Waals surface area contributed by atoms with Crippen LogP contribution >= 0.6 is 22.6 Å². The van der Waals surface area contributed by atoms with Crippen molar-refractivity contribution in [3.63, 3.8) is 0 Å². The van der Waals surface area contributed by atoms with Crippen LogP contribution in [0.15, 0.2) is 55.1 Å². The monoisotopic (exact) mass is 349 g/mol. The first-order chi connectivity index (χ1) is 8.72. The van der Waals surface area contributed by atoms with E-state index in [1.165, 1.54) is 0 Å². The van der Waals surface area contributed by atoms with Gasteiger partial charge in [-0.2, -0.15) is 0 Å². The summed E-state index contributed by atoms with van der Waals surface area (Å²) >= 11 is 2.16. The van der Waals surface area contributed by atoms with Gasteiger partial charge in [-0.3, -0.25) is 4.79 Å². The van der Waals surface area contributed by atoms with E-state index in [2.05, 4.69) is 34.5 Å². The SMILES string of the molecule is C=Cc1ccccc1NC(=O)c1ccccc1I. The molecule has 0 aliphatic heterocycles. The number of amides is 1. The van der Waals surface area contributed by atoms with Gasteiger partial charge >= 0.3 is 0 Å². The van der Waals surface area contributed by atoms with Gasteiger partial charge in [-0.15, -0.1) is 0 Å². The van der Waals surface area contributed by atoms with Crippen molar-refractivity contribution in [3.8, 4) is 0 Å². The second-order valence-corrected chi connectivity index (χ2v) is 4.89. The Hall–Kier alpha value is -1.62. The van der Waals surface area contributed by atoms with Crippen LogP contribution in [0.2, 0.25) is 0 Å². The fourth-order valence-corrected chi connectivity index (χ4v) is 2.26. The molecule has 0 aliphatic rings. The number of para-hydroxylation sites is 1. The maximum absolute atomic E-state index is 12.2. The molecule has 1 amide bonds. The normalized spacial score (nSPS) is 9.83. The molecule has 0 saturated carbocycles. The van der Waals surface area contributed by atoms with E-state index in [0.717, 1.165) is 14.8 Å². The Morgan fingerprint density at radius 2 is 1.78 bits per heavy atom. The van der Waals surface area contributed by atoms with Gasteiger partial charge < -0.3 is 5.32 Å². The molecular weight excluding hydrogens is 337 g/mol. The third kappa shape index (κ3) is 2.79. The molecule has 0 aromatic heterocycles. The number of anilines is 1. The summed E-state index contributed by atoms with van der Waals surface area (Å²) in [6.45, 7) is 3.74. The molecule has 18 heavy (non-hydrogen) atoms. The van der Waals surface area contributed by atoms with Crippen LogP contribution in [0.3, 0.4) is 0 Å². The van der Waals surface area contributed by atoms with Gasteiger partial charge in [0.15, 0.2) is 0 Å². The van der Waals surface area contributed by atoms with Gasteiger partial charge in [0.2, 0.25) is 0 Å². The minimum atomic E-state index is -0.102. The van der Waals surface area contributed by atoms with Crippen LogP contribution in [0.4, 0.5) is 5.69 Å². The minimum Gasteiger partial charge on any atom is -0.321 e. The van der Waals surface area contributed by atoms with E-state index in [1.807, 2.05) is 48.5 Å². The van der Waals surface area contributed by atoms with E-state index < -0.39 is 0 Å². The molecule has 0 aliphatic carbocycles. The number of hydrogen-bond acceptors (Lipinski definition) is 1. The van der Waals surface area contributed by atoms with Crippen LogP contribution in [0.1, 0.15) is 15.9 Å². The molecule has 0 saturated heterocycles. The minimum absolute atomic E-state index is 0.102. The van der Waals surface area contributed by atoms with E-state index in [9.17, 15) is 4.79 Å². The summed E-state index contributed by atoms with van der Waals surface area (Å²) in [4.78, 5) is 12.2. The van der Waals surface area contributed by atoms with Gasteiger partial charge in [0.25, 0.3) is 5.91 Å². The van der Waals surface area contributed by atoms with Crippen LogP contribution in [-0.2, 0) is 0 Å². The average molecular weight is 349 g/mol. The second kappa shape index (κ2) is 5.82. The quantitative estimate of drug-likeness (QED) is 0.828. The molecule has 0 bridgehead atoms. The molecule has 2 rings (SSSR count). The smallest absolute Gasteiger partial charge is 0.256 e. The Morgan fingerprint density at radius 1 is 1.11 bits per heavy atom. The number of nitrogens with one attached hydrogen (secondary N) is 1. The van der Waals surface area contributed by atoms with E-state index in [-0.39, 0.29) is 5.91 Å². The van der Waals surface area contributed by atoms with E-state index in [4.69, 9.17) is 0 Å². The van der Waals surface area contributed by atoms with Crippen molar-refractivity contribution < 1.29 is 4.79 Å². The molecule has 2 aromatic rings. The van der Waals surface area contributed by atoms with Crippen LogP contribution < -0.4 is 5.32 Å². The van der Waals surface area contributed by atoms with Crippen molar-refractivity contribution >= 4 is 40.3 Å². The zero-order valence-corrected chi connectivity index (χ0v) is 11.8. The number of hydrogen-bond donors (Lipinski definition) is 1. The molecule has 0 unspecified atom stereocenters. The summed E-state index contributed by atoms with van der Waals surface area (Å²) < 4.78 is 0.934. The fourth-order valence-electron chi connectivity index (χ4n) is 1.62. The highest BCUT2D eigenvalue weighted by Gasteiger charge is 2.10. The lowest BCUT2D eigenvalue weighted by molar-refractivity contribution is 0.102. The Balaban J connectivity index is 2.27. The number of carbonyl (C=O) groups excluding carboxylic acids is 1.